The molecule has 192 valence electrons. The predicted molar refractivity (Wildman–Crippen MR) is 149 cm³/mol. The quantitative estimate of drug-likeness (QED) is 0.318. The summed E-state index contributed by atoms with van der Waals surface area (Å²) in [5.74, 6) is 0.861. The maximum Gasteiger partial charge on any atom is 0.251 e. The van der Waals surface area contributed by atoms with E-state index in [4.69, 9.17) is 16.6 Å². The first-order valence-electron chi connectivity index (χ1n) is 13.0. The number of anilines is 1. The zero-order valence-corrected chi connectivity index (χ0v) is 22.7. The summed E-state index contributed by atoms with van der Waals surface area (Å²) < 4.78 is 4.55. The van der Waals surface area contributed by atoms with E-state index < -0.39 is 0 Å². The molecule has 1 aliphatic rings. The molecule has 1 N–H and O–H groups in total. The number of carbonyl (C=O) groups is 1. The van der Waals surface area contributed by atoms with Crippen molar-refractivity contribution >= 4 is 34.2 Å². The third-order valence-electron chi connectivity index (χ3n) is 6.62. The largest absolute Gasteiger partial charge is 0.351 e. The van der Waals surface area contributed by atoms with Gasteiger partial charge in [-0.05, 0) is 48.2 Å². The van der Waals surface area contributed by atoms with Gasteiger partial charge in [-0.2, -0.15) is 4.37 Å². The summed E-state index contributed by atoms with van der Waals surface area (Å²) in [6.07, 6.45) is 6.85. The second-order valence-corrected chi connectivity index (χ2v) is 10.6. The zero-order chi connectivity index (χ0) is 25.2. The second kappa shape index (κ2) is 13.7. The molecule has 0 atom stereocenters. The summed E-state index contributed by atoms with van der Waals surface area (Å²) >= 11 is 7.44. The van der Waals surface area contributed by atoms with Gasteiger partial charge in [-0.3, -0.25) is 9.69 Å². The second-order valence-electron chi connectivity index (χ2n) is 9.39. The van der Waals surface area contributed by atoms with Gasteiger partial charge in [-0.25, -0.2) is 4.98 Å². The van der Waals surface area contributed by atoms with E-state index in [2.05, 4.69) is 38.5 Å². The van der Waals surface area contributed by atoms with Gasteiger partial charge in [0, 0.05) is 67.8 Å². The lowest BCUT2D eigenvalue weighted by Gasteiger charge is -2.34. The van der Waals surface area contributed by atoms with Crippen LogP contribution >= 0.6 is 23.1 Å². The summed E-state index contributed by atoms with van der Waals surface area (Å²) in [5, 5.41) is 4.80. The van der Waals surface area contributed by atoms with Gasteiger partial charge in [0.25, 0.3) is 5.91 Å². The fourth-order valence-corrected chi connectivity index (χ4v) is 5.26. The molecule has 1 aliphatic heterocycles. The molecule has 0 bridgehead atoms. The summed E-state index contributed by atoms with van der Waals surface area (Å²) in [7, 11) is 0. The molecule has 1 aromatic heterocycles. The van der Waals surface area contributed by atoms with Crippen LogP contribution in [-0.4, -0.2) is 59.4 Å². The molecule has 3 aromatic rings. The number of carbonyl (C=O) groups excluding carboxylic acids is 1. The summed E-state index contributed by atoms with van der Waals surface area (Å²) in [6, 6.07) is 15.9. The number of aryl methyl sites for hydroxylation is 1. The van der Waals surface area contributed by atoms with Crippen molar-refractivity contribution in [1.29, 1.82) is 0 Å². The summed E-state index contributed by atoms with van der Waals surface area (Å²) in [5.41, 5.74) is 3.21. The monoisotopic (exact) mass is 525 g/mol. The van der Waals surface area contributed by atoms with Crippen molar-refractivity contribution in [1.82, 2.24) is 19.6 Å². The molecule has 2 heterocycles. The van der Waals surface area contributed by atoms with Crippen LogP contribution in [0.2, 0.25) is 5.02 Å². The molecule has 0 radical (unpaired) electrons. The van der Waals surface area contributed by atoms with Crippen molar-refractivity contribution in [3.8, 4) is 0 Å². The van der Waals surface area contributed by atoms with E-state index >= 15 is 0 Å². The van der Waals surface area contributed by atoms with Gasteiger partial charge >= 0.3 is 0 Å². The highest BCUT2D eigenvalue weighted by atomic mass is 35.5. The Morgan fingerprint density at radius 3 is 2.42 bits per heavy atom. The molecule has 1 fully saturated rings. The van der Waals surface area contributed by atoms with E-state index in [9.17, 15) is 4.79 Å². The highest BCUT2D eigenvalue weighted by Gasteiger charge is 2.20. The number of amides is 1. The van der Waals surface area contributed by atoms with E-state index in [-0.39, 0.29) is 5.91 Å². The minimum absolute atomic E-state index is 0.00763. The Morgan fingerprint density at radius 1 is 0.972 bits per heavy atom. The average Bonchev–Trinajstić information content (AvgIpc) is 3.37. The number of piperazine rings is 1. The molecular formula is C28H36ClN5OS. The maximum absolute atomic E-state index is 12.5. The number of unbranched alkanes of at least 4 members (excludes halogenated alkanes) is 3. The van der Waals surface area contributed by atoms with Crippen LogP contribution in [0.3, 0.4) is 0 Å². The number of rotatable bonds is 12. The molecule has 0 saturated carbocycles. The molecule has 0 spiro atoms. The van der Waals surface area contributed by atoms with Crippen molar-refractivity contribution in [3.63, 3.8) is 0 Å². The Morgan fingerprint density at radius 2 is 1.69 bits per heavy atom. The average molecular weight is 526 g/mol. The SMILES string of the molecule is CCCCCCc1ccc(C(=O)NCCN2CCN(c3nc(Cc4ccc(Cl)cc4)ns3)CC2)cc1. The van der Waals surface area contributed by atoms with Gasteiger partial charge in [0.1, 0.15) is 5.82 Å². The van der Waals surface area contributed by atoms with Crippen molar-refractivity contribution < 1.29 is 4.79 Å². The van der Waals surface area contributed by atoms with Crippen LogP contribution in [0.15, 0.2) is 48.5 Å². The van der Waals surface area contributed by atoms with E-state index in [1.807, 2.05) is 36.4 Å². The number of hydrogen-bond donors (Lipinski definition) is 1. The van der Waals surface area contributed by atoms with Gasteiger partial charge in [0.15, 0.2) is 0 Å². The van der Waals surface area contributed by atoms with Gasteiger partial charge in [-0.1, -0.05) is 62.1 Å². The van der Waals surface area contributed by atoms with Crippen molar-refractivity contribution in [2.75, 3.05) is 44.2 Å². The minimum atomic E-state index is 0.00763. The first-order chi connectivity index (χ1) is 17.6. The number of nitrogens with one attached hydrogen (secondary N) is 1. The Bertz CT molecular complexity index is 1080. The lowest BCUT2D eigenvalue weighted by atomic mass is 10.0. The van der Waals surface area contributed by atoms with Crippen molar-refractivity contribution in [2.45, 2.75) is 45.4 Å². The smallest absolute Gasteiger partial charge is 0.251 e. The van der Waals surface area contributed by atoms with E-state index in [1.165, 1.54) is 42.8 Å². The number of nitrogens with zero attached hydrogens (tertiary/aromatic N) is 4. The van der Waals surface area contributed by atoms with Crippen LogP contribution in [0.5, 0.6) is 0 Å². The van der Waals surface area contributed by atoms with Gasteiger partial charge < -0.3 is 10.2 Å². The van der Waals surface area contributed by atoms with Crippen LogP contribution in [0.25, 0.3) is 0 Å². The number of hydrogen-bond acceptors (Lipinski definition) is 6. The molecule has 8 heteroatoms. The zero-order valence-electron chi connectivity index (χ0n) is 21.1. The number of halogens is 1. The highest BCUT2D eigenvalue weighted by molar-refractivity contribution is 7.09. The fourth-order valence-electron chi connectivity index (χ4n) is 4.40. The minimum Gasteiger partial charge on any atom is -0.351 e. The molecular weight excluding hydrogens is 490 g/mol. The molecule has 0 unspecified atom stereocenters. The number of aromatic nitrogens is 2. The lowest BCUT2D eigenvalue weighted by Crippen LogP contribution is -2.48. The number of benzene rings is 2. The highest BCUT2D eigenvalue weighted by Crippen LogP contribution is 2.21. The Labute approximate surface area is 223 Å². The Kier molecular flexibility index (Phi) is 10.1. The molecule has 36 heavy (non-hydrogen) atoms. The van der Waals surface area contributed by atoms with Crippen molar-refractivity contribution in [3.05, 3.63) is 76.1 Å². The lowest BCUT2D eigenvalue weighted by molar-refractivity contribution is 0.0948. The van der Waals surface area contributed by atoms with E-state index in [1.54, 1.807) is 0 Å². The third-order valence-corrected chi connectivity index (χ3v) is 7.69. The molecule has 2 aromatic carbocycles. The molecule has 4 rings (SSSR count). The molecule has 6 nitrogen and oxygen atoms in total. The van der Waals surface area contributed by atoms with Crippen LogP contribution in [0.4, 0.5) is 5.13 Å². The maximum atomic E-state index is 12.5. The molecule has 1 saturated heterocycles. The van der Waals surface area contributed by atoms with Crippen LogP contribution in [0, 0.1) is 0 Å². The van der Waals surface area contributed by atoms with Crippen LogP contribution < -0.4 is 10.2 Å². The topological polar surface area (TPSA) is 61.4 Å². The first kappa shape index (κ1) is 26.6. The first-order valence-corrected chi connectivity index (χ1v) is 14.2. The Hall–Kier alpha value is -2.48. The van der Waals surface area contributed by atoms with E-state index in [0.29, 0.717) is 6.54 Å². The predicted octanol–water partition coefficient (Wildman–Crippen LogP) is 5.46. The molecule has 1 amide bonds. The van der Waals surface area contributed by atoms with Gasteiger partial charge in [0.2, 0.25) is 5.13 Å². The van der Waals surface area contributed by atoms with E-state index in [0.717, 1.165) is 72.7 Å². The van der Waals surface area contributed by atoms with Crippen molar-refractivity contribution in [2.24, 2.45) is 0 Å². The van der Waals surface area contributed by atoms with Crippen LogP contribution in [-0.2, 0) is 12.8 Å². The third kappa shape index (κ3) is 8.02. The van der Waals surface area contributed by atoms with Gasteiger partial charge in [-0.15, -0.1) is 0 Å². The standard InChI is InChI=1S/C28H36ClN5OS/c1-2-3-4-5-6-22-7-11-24(12-8-22)27(35)30-15-16-33-17-19-34(20-18-33)28-31-26(32-36-28)21-23-9-13-25(29)14-10-23/h7-14H,2-6,15-21H2,1H3,(H,30,35). The normalized spacial score (nSPS) is 14.2. The summed E-state index contributed by atoms with van der Waals surface area (Å²) in [6.45, 7) is 7.48. The Balaban J connectivity index is 1.14. The fraction of sp³-hybridized carbons (Fsp3) is 0.464. The van der Waals surface area contributed by atoms with Crippen LogP contribution in [0.1, 0.15) is 59.9 Å². The molecule has 0 aliphatic carbocycles. The van der Waals surface area contributed by atoms with Gasteiger partial charge in [0.05, 0.1) is 0 Å². The summed E-state index contributed by atoms with van der Waals surface area (Å²) in [4.78, 5) is 22.0.